The first-order chi connectivity index (χ1) is 11.0. The lowest BCUT2D eigenvalue weighted by molar-refractivity contribution is -0.0500. The molecule has 23 heavy (non-hydrogen) atoms. The quantitative estimate of drug-likeness (QED) is 0.826. The number of anilines is 1. The molecule has 0 aliphatic rings. The van der Waals surface area contributed by atoms with Gasteiger partial charge >= 0.3 is 12.6 Å². The lowest BCUT2D eigenvalue weighted by Gasteiger charge is -2.09. The largest absolute Gasteiger partial charge is 0.465 e. The lowest BCUT2D eigenvalue weighted by Crippen LogP contribution is -2.07. The number of aromatic nitrogens is 1. The van der Waals surface area contributed by atoms with Crippen LogP contribution < -0.4 is 10.1 Å². The topological polar surface area (TPSA) is 60.5 Å². The van der Waals surface area contributed by atoms with E-state index in [1.54, 1.807) is 0 Å². The standard InChI is InChI=1S/C15H13F3N2O3/c1-22-14(21)9-2-4-12(16)10(6-9)7-19-13-5-3-11(8-20-13)23-15(17)18/h2-6,8,15H,7H2,1H3,(H,19,20). The van der Waals surface area contributed by atoms with Crippen LogP contribution >= 0.6 is 0 Å². The average Bonchev–Trinajstić information content (AvgIpc) is 2.54. The van der Waals surface area contributed by atoms with Crippen LogP contribution in [0.25, 0.3) is 0 Å². The summed E-state index contributed by atoms with van der Waals surface area (Å²) >= 11 is 0. The van der Waals surface area contributed by atoms with Crippen LogP contribution in [0.15, 0.2) is 36.5 Å². The Morgan fingerprint density at radius 2 is 2.09 bits per heavy atom. The number of esters is 1. The molecule has 122 valence electrons. The highest BCUT2D eigenvalue weighted by atomic mass is 19.3. The maximum atomic E-state index is 13.7. The first-order valence-corrected chi connectivity index (χ1v) is 6.51. The number of nitrogens with one attached hydrogen (secondary N) is 1. The Labute approximate surface area is 130 Å². The number of ether oxygens (including phenoxy) is 2. The number of benzene rings is 1. The Kier molecular flexibility index (Phi) is 5.40. The van der Waals surface area contributed by atoms with Gasteiger partial charge in [0.1, 0.15) is 17.4 Å². The molecule has 0 saturated carbocycles. The van der Waals surface area contributed by atoms with E-state index in [1.165, 1.54) is 31.4 Å². The lowest BCUT2D eigenvalue weighted by atomic mass is 10.1. The molecule has 5 nitrogen and oxygen atoms in total. The van der Waals surface area contributed by atoms with E-state index in [2.05, 4.69) is 19.8 Å². The Morgan fingerprint density at radius 3 is 2.70 bits per heavy atom. The molecule has 0 unspecified atom stereocenters. The molecule has 1 N–H and O–H groups in total. The van der Waals surface area contributed by atoms with Crippen molar-refractivity contribution >= 4 is 11.8 Å². The van der Waals surface area contributed by atoms with Crippen molar-refractivity contribution in [2.75, 3.05) is 12.4 Å². The summed E-state index contributed by atoms with van der Waals surface area (Å²) in [5, 5.41) is 2.82. The van der Waals surface area contributed by atoms with Crippen molar-refractivity contribution in [3.63, 3.8) is 0 Å². The fourth-order valence-corrected chi connectivity index (χ4v) is 1.80. The first-order valence-electron chi connectivity index (χ1n) is 6.51. The van der Waals surface area contributed by atoms with Gasteiger partial charge in [0.15, 0.2) is 0 Å². The summed E-state index contributed by atoms with van der Waals surface area (Å²) in [6, 6.07) is 6.57. The maximum absolute atomic E-state index is 13.7. The smallest absolute Gasteiger partial charge is 0.387 e. The van der Waals surface area contributed by atoms with Crippen molar-refractivity contribution in [3.8, 4) is 5.75 Å². The number of carbonyl (C=O) groups is 1. The molecule has 1 heterocycles. The molecule has 0 aliphatic carbocycles. The SMILES string of the molecule is COC(=O)c1ccc(F)c(CNc2ccc(OC(F)F)cn2)c1. The molecule has 0 radical (unpaired) electrons. The fourth-order valence-electron chi connectivity index (χ4n) is 1.80. The normalized spacial score (nSPS) is 10.5. The van der Waals surface area contributed by atoms with Crippen molar-refractivity contribution in [1.82, 2.24) is 4.98 Å². The second-order valence-electron chi connectivity index (χ2n) is 4.41. The molecule has 2 rings (SSSR count). The van der Waals surface area contributed by atoms with Crippen LogP contribution in [0.5, 0.6) is 5.75 Å². The molecule has 0 spiro atoms. The van der Waals surface area contributed by atoms with Gasteiger partial charge in [-0.1, -0.05) is 0 Å². The van der Waals surface area contributed by atoms with Crippen LogP contribution in [0.2, 0.25) is 0 Å². The molecular formula is C15H13F3N2O3. The predicted molar refractivity (Wildman–Crippen MR) is 75.9 cm³/mol. The zero-order valence-electron chi connectivity index (χ0n) is 12.1. The van der Waals surface area contributed by atoms with Crippen molar-refractivity contribution in [2.45, 2.75) is 13.2 Å². The van der Waals surface area contributed by atoms with Crippen molar-refractivity contribution < 1.29 is 27.4 Å². The minimum absolute atomic E-state index is 0.0543. The number of hydrogen-bond donors (Lipinski definition) is 1. The van der Waals surface area contributed by atoms with E-state index in [0.29, 0.717) is 5.82 Å². The van der Waals surface area contributed by atoms with Gasteiger partial charge in [0, 0.05) is 12.1 Å². The number of methoxy groups -OCH3 is 1. The first kappa shape index (κ1) is 16.6. The third-order valence-corrected chi connectivity index (χ3v) is 2.89. The van der Waals surface area contributed by atoms with E-state index in [1.807, 2.05) is 0 Å². The van der Waals surface area contributed by atoms with Gasteiger partial charge in [0.2, 0.25) is 0 Å². The van der Waals surface area contributed by atoms with E-state index in [-0.39, 0.29) is 23.4 Å². The second kappa shape index (κ2) is 7.48. The number of hydrogen-bond acceptors (Lipinski definition) is 5. The summed E-state index contributed by atoms with van der Waals surface area (Å²) in [4.78, 5) is 15.3. The zero-order chi connectivity index (χ0) is 16.8. The highest BCUT2D eigenvalue weighted by Crippen LogP contribution is 2.17. The highest BCUT2D eigenvalue weighted by Gasteiger charge is 2.10. The van der Waals surface area contributed by atoms with E-state index >= 15 is 0 Å². The van der Waals surface area contributed by atoms with Crippen LogP contribution in [0.1, 0.15) is 15.9 Å². The summed E-state index contributed by atoms with van der Waals surface area (Å²) in [5.74, 6) is -0.806. The zero-order valence-corrected chi connectivity index (χ0v) is 12.1. The summed E-state index contributed by atoms with van der Waals surface area (Å²) in [6.07, 6.45) is 1.12. The van der Waals surface area contributed by atoms with Crippen LogP contribution in [0.3, 0.4) is 0 Å². The van der Waals surface area contributed by atoms with Gasteiger partial charge in [0.05, 0.1) is 18.9 Å². The second-order valence-corrected chi connectivity index (χ2v) is 4.41. The highest BCUT2D eigenvalue weighted by molar-refractivity contribution is 5.89. The summed E-state index contributed by atoms with van der Waals surface area (Å²) in [6.45, 7) is -2.87. The Hall–Kier alpha value is -2.77. The van der Waals surface area contributed by atoms with Gasteiger partial charge in [-0.3, -0.25) is 0 Å². The van der Waals surface area contributed by atoms with Crippen LogP contribution in [0, 0.1) is 5.82 Å². The minimum Gasteiger partial charge on any atom is -0.465 e. The van der Waals surface area contributed by atoms with Gasteiger partial charge in [0.25, 0.3) is 0 Å². The van der Waals surface area contributed by atoms with Crippen molar-refractivity contribution in [1.29, 1.82) is 0 Å². The molecular weight excluding hydrogens is 313 g/mol. The number of halogens is 3. The number of rotatable bonds is 6. The molecule has 8 heteroatoms. The molecule has 0 fully saturated rings. The molecule has 0 amide bonds. The van der Waals surface area contributed by atoms with E-state index in [0.717, 1.165) is 12.3 Å². The third kappa shape index (κ3) is 4.60. The summed E-state index contributed by atoms with van der Waals surface area (Å²) in [5.41, 5.74) is 0.460. The third-order valence-electron chi connectivity index (χ3n) is 2.89. The molecule has 0 aliphatic heterocycles. The van der Waals surface area contributed by atoms with Crippen LogP contribution in [-0.2, 0) is 11.3 Å². The van der Waals surface area contributed by atoms with Gasteiger partial charge in [-0.2, -0.15) is 8.78 Å². The monoisotopic (exact) mass is 326 g/mol. The van der Waals surface area contributed by atoms with E-state index in [4.69, 9.17) is 0 Å². The van der Waals surface area contributed by atoms with Gasteiger partial charge in [-0.05, 0) is 30.3 Å². The van der Waals surface area contributed by atoms with Gasteiger partial charge in [-0.15, -0.1) is 0 Å². The summed E-state index contributed by atoms with van der Waals surface area (Å²) in [7, 11) is 1.23. The molecule has 0 bridgehead atoms. The molecule has 0 saturated heterocycles. The maximum Gasteiger partial charge on any atom is 0.387 e. The van der Waals surface area contributed by atoms with Gasteiger partial charge in [-0.25, -0.2) is 14.2 Å². The molecule has 2 aromatic rings. The average molecular weight is 326 g/mol. The number of alkyl halides is 2. The predicted octanol–water partition coefficient (Wildman–Crippen LogP) is 3.22. The van der Waals surface area contributed by atoms with E-state index in [9.17, 15) is 18.0 Å². The molecule has 0 atom stereocenters. The Morgan fingerprint density at radius 1 is 1.30 bits per heavy atom. The van der Waals surface area contributed by atoms with Crippen molar-refractivity contribution in [3.05, 3.63) is 53.5 Å². The molecule has 1 aromatic heterocycles. The number of pyridine rings is 1. The number of carbonyl (C=O) groups excluding carboxylic acids is 1. The molecule has 1 aromatic carbocycles. The number of nitrogens with zero attached hydrogens (tertiary/aromatic N) is 1. The van der Waals surface area contributed by atoms with Crippen LogP contribution in [0.4, 0.5) is 19.0 Å². The van der Waals surface area contributed by atoms with Gasteiger partial charge < -0.3 is 14.8 Å². The summed E-state index contributed by atoms with van der Waals surface area (Å²) < 4.78 is 46.5. The van der Waals surface area contributed by atoms with Crippen molar-refractivity contribution in [2.24, 2.45) is 0 Å². The Balaban J connectivity index is 2.04. The van der Waals surface area contributed by atoms with Crippen LogP contribution in [-0.4, -0.2) is 24.7 Å². The van der Waals surface area contributed by atoms with E-state index < -0.39 is 18.4 Å². The Bertz CT molecular complexity index is 678. The minimum atomic E-state index is -2.93. The fraction of sp³-hybridized carbons (Fsp3) is 0.200.